The van der Waals surface area contributed by atoms with Crippen LogP contribution in [0.25, 0.3) is 0 Å². The van der Waals surface area contributed by atoms with Crippen molar-refractivity contribution in [1.82, 2.24) is 0 Å². The second-order valence-electron chi connectivity index (χ2n) is 15.7. The molecule has 0 saturated carbocycles. The molecule has 0 saturated heterocycles. The summed E-state index contributed by atoms with van der Waals surface area (Å²) in [5.74, 6) is -0.812. The van der Waals surface area contributed by atoms with Crippen LogP contribution in [0.4, 0.5) is 0 Å². The Morgan fingerprint density at radius 2 is 0.981 bits per heavy atom. The van der Waals surface area contributed by atoms with Gasteiger partial charge in [-0.1, -0.05) is 141 Å². The van der Waals surface area contributed by atoms with E-state index in [2.05, 4.69) is 38.2 Å². The van der Waals surface area contributed by atoms with Gasteiger partial charge in [-0.15, -0.1) is 0 Å². The number of carbonyl (C=O) groups is 2. The minimum Gasteiger partial charge on any atom is -0.462 e. The standard InChI is InChI=1S/C43H82NO8P/c1-6-8-10-12-14-16-18-19-20-21-22-23-24-26-28-30-32-34-36-43(46)52-41(40-51-53(47,48)50-38-37-44(3,4)5)39-49-42(45)35-33-31-29-27-25-17-15-13-11-9-7-2/h13,15,20-21,41H,6-12,14,16-19,22-40H2,1-5H3/p+1/b15-13-,21-20-. The highest BCUT2D eigenvalue weighted by Gasteiger charge is 2.27. The zero-order chi connectivity index (χ0) is 39.3. The van der Waals surface area contributed by atoms with Crippen LogP contribution in [-0.2, 0) is 32.7 Å². The van der Waals surface area contributed by atoms with Crippen LogP contribution in [0.3, 0.4) is 0 Å². The molecular formula is C43H83NO8P+. The third-order valence-electron chi connectivity index (χ3n) is 9.20. The van der Waals surface area contributed by atoms with Gasteiger partial charge >= 0.3 is 19.8 Å². The minimum absolute atomic E-state index is 0.0305. The molecule has 9 nitrogen and oxygen atoms in total. The first-order valence-electron chi connectivity index (χ1n) is 21.6. The molecule has 0 amide bonds. The summed E-state index contributed by atoms with van der Waals surface area (Å²) in [6.07, 6.45) is 37.9. The largest absolute Gasteiger partial charge is 0.472 e. The van der Waals surface area contributed by atoms with E-state index < -0.39 is 26.5 Å². The molecule has 0 aliphatic heterocycles. The van der Waals surface area contributed by atoms with Crippen LogP contribution < -0.4 is 0 Å². The number of likely N-dealkylation sites (N-methyl/N-ethyl adjacent to an activating group) is 1. The number of rotatable bonds is 39. The molecule has 0 bridgehead atoms. The molecule has 10 heteroatoms. The lowest BCUT2D eigenvalue weighted by Crippen LogP contribution is -2.37. The van der Waals surface area contributed by atoms with Crippen molar-refractivity contribution in [2.45, 2.75) is 193 Å². The van der Waals surface area contributed by atoms with E-state index in [9.17, 15) is 19.0 Å². The summed E-state index contributed by atoms with van der Waals surface area (Å²) in [5.41, 5.74) is 0. The van der Waals surface area contributed by atoms with Crippen molar-refractivity contribution in [2.75, 3.05) is 47.5 Å². The summed E-state index contributed by atoms with van der Waals surface area (Å²) in [6.45, 7) is 4.37. The van der Waals surface area contributed by atoms with Crippen molar-refractivity contribution in [3.8, 4) is 0 Å². The summed E-state index contributed by atoms with van der Waals surface area (Å²) in [7, 11) is 1.47. The van der Waals surface area contributed by atoms with Crippen molar-refractivity contribution in [3.05, 3.63) is 24.3 Å². The Kier molecular flexibility index (Phi) is 35.1. The predicted octanol–water partition coefficient (Wildman–Crippen LogP) is 12.0. The van der Waals surface area contributed by atoms with E-state index in [0.717, 1.165) is 70.6 Å². The highest BCUT2D eigenvalue weighted by atomic mass is 31.2. The fourth-order valence-electron chi connectivity index (χ4n) is 5.75. The van der Waals surface area contributed by atoms with Gasteiger partial charge in [-0.3, -0.25) is 18.6 Å². The Morgan fingerprint density at radius 3 is 1.45 bits per heavy atom. The zero-order valence-corrected chi connectivity index (χ0v) is 35.9. The molecule has 312 valence electrons. The van der Waals surface area contributed by atoms with Gasteiger partial charge in [-0.2, -0.15) is 0 Å². The second kappa shape index (κ2) is 36.1. The smallest absolute Gasteiger partial charge is 0.462 e. The van der Waals surface area contributed by atoms with Crippen LogP contribution in [0.2, 0.25) is 0 Å². The molecule has 2 atom stereocenters. The number of phosphoric acid groups is 1. The molecule has 0 heterocycles. The first-order chi connectivity index (χ1) is 25.5. The number of hydrogen-bond acceptors (Lipinski definition) is 7. The lowest BCUT2D eigenvalue weighted by Gasteiger charge is -2.24. The minimum atomic E-state index is -4.37. The van der Waals surface area contributed by atoms with Gasteiger partial charge in [0.2, 0.25) is 0 Å². The van der Waals surface area contributed by atoms with E-state index in [1.165, 1.54) is 83.5 Å². The van der Waals surface area contributed by atoms with E-state index in [0.29, 0.717) is 17.4 Å². The monoisotopic (exact) mass is 773 g/mol. The van der Waals surface area contributed by atoms with E-state index in [1.807, 2.05) is 21.1 Å². The molecule has 0 radical (unpaired) electrons. The number of nitrogens with zero attached hydrogens (tertiary/aromatic N) is 1. The van der Waals surface area contributed by atoms with Crippen LogP contribution >= 0.6 is 7.82 Å². The Labute approximate surface area is 326 Å². The third kappa shape index (κ3) is 40.0. The lowest BCUT2D eigenvalue weighted by molar-refractivity contribution is -0.870. The van der Waals surface area contributed by atoms with Crippen LogP contribution in [0.5, 0.6) is 0 Å². The average Bonchev–Trinajstić information content (AvgIpc) is 3.10. The molecular weight excluding hydrogens is 689 g/mol. The van der Waals surface area contributed by atoms with Crippen LogP contribution in [0, 0.1) is 0 Å². The zero-order valence-electron chi connectivity index (χ0n) is 35.0. The van der Waals surface area contributed by atoms with E-state index in [1.54, 1.807) is 0 Å². The molecule has 0 aromatic rings. The highest BCUT2D eigenvalue weighted by Crippen LogP contribution is 2.43. The molecule has 0 aliphatic carbocycles. The fourth-order valence-corrected chi connectivity index (χ4v) is 6.50. The molecule has 2 unspecified atom stereocenters. The second-order valence-corrected chi connectivity index (χ2v) is 17.2. The van der Waals surface area contributed by atoms with Crippen molar-refractivity contribution in [2.24, 2.45) is 0 Å². The SMILES string of the molecule is CCCC/C=C\CCCCCCCC(=O)OCC(COP(=O)(O)OCC[N+](C)(C)C)OC(=O)CCCCCCCCC/C=C\CCCCCCCCC. The molecule has 0 aliphatic rings. The van der Waals surface area contributed by atoms with E-state index >= 15 is 0 Å². The van der Waals surface area contributed by atoms with Gasteiger partial charge in [0.25, 0.3) is 0 Å². The van der Waals surface area contributed by atoms with Gasteiger partial charge in [0, 0.05) is 12.8 Å². The van der Waals surface area contributed by atoms with Gasteiger partial charge in [0.05, 0.1) is 27.7 Å². The average molecular weight is 773 g/mol. The van der Waals surface area contributed by atoms with E-state index in [-0.39, 0.29) is 32.0 Å². The fraction of sp³-hybridized carbons (Fsp3) is 0.860. The Hall–Kier alpha value is -1.51. The predicted molar refractivity (Wildman–Crippen MR) is 220 cm³/mol. The molecule has 0 aromatic carbocycles. The summed E-state index contributed by atoms with van der Waals surface area (Å²) in [5, 5.41) is 0. The van der Waals surface area contributed by atoms with Gasteiger partial charge in [-0.25, -0.2) is 4.57 Å². The number of allylic oxidation sites excluding steroid dienone is 4. The Morgan fingerprint density at radius 1 is 0.566 bits per heavy atom. The number of esters is 2. The van der Waals surface area contributed by atoms with Crippen molar-refractivity contribution >= 4 is 19.8 Å². The normalized spacial score (nSPS) is 13.8. The summed E-state index contributed by atoms with van der Waals surface area (Å²) in [4.78, 5) is 35.3. The van der Waals surface area contributed by atoms with Gasteiger partial charge in [0.1, 0.15) is 19.8 Å². The van der Waals surface area contributed by atoms with Gasteiger partial charge in [-0.05, 0) is 57.8 Å². The third-order valence-corrected chi connectivity index (χ3v) is 10.2. The number of ether oxygens (including phenoxy) is 2. The number of quaternary nitrogens is 1. The van der Waals surface area contributed by atoms with Crippen LogP contribution in [0.1, 0.15) is 187 Å². The maximum Gasteiger partial charge on any atom is 0.472 e. The Bertz CT molecular complexity index is 964. The maximum atomic E-state index is 12.7. The molecule has 53 heavy (non-hydrogen) atoms. The molecule has 1 N–H and O–H groups in total. The number of hydrogen-bond donors (Lipinski definition) is 1. The van der Waals surface area contributed by atoms with Crippen molar-refractivity contribution in [3.63, 3.8) is 0 Å². The summed E-state index contributed by atoms with van der Waals surface area (Å²) in [6, 6.07) is 0. The summed E-state index contributed by atoms with van der Waals surface area (Å²) >= 11 is 0. The Balaban J connectivity index is 4.34. The number of unbranched alkanes of at least 4 members (excludes halogenated alkanes) is 21. The van der Waals surface area contributed by atoms with Crippen molar-refractivity contribution in [1.29, 1.82) is 0 Å². The van der Waals surface area contributed by atoms with Gasteiger partial charge < -0.3 is 18.9 Å². The van der Waals surface area contributed by atoms with Gasteiger partial charge in [0.15, 0.2) is 6.10 Å². The van der Waals surface area contributed by atoms with E-state index in [4.69, 9.17) is 18.5 Å². The van der Waals surface area contributed by atoms with Crippen LogP contribution in [-0.4, -0.2) is 74.9 Å². The summed E-state index contributed by atoms with van der Waals surface area (Å²) < 4.78 is 34.2. The first kappa shape index (κ1) is 51.5. The maximum absolute atomic E-state index is 12.7. The molecule has 0 rings (SSSR count). The van der Waals surface area contributed by atoms with Crippen LogP contribution in [0.15, 0.2) is 24.3 Å². The molecule has 0 fully saturated rings. The number of carbonyl (C=O) groups excluding carboxylic acids is 2. The molecule has 0 spiro atoms. The topological polar surface area (TPSA) is 108 Å². The quantitative estimate of drug-likeness (QED) is 0.0216. The van der Waals surface area contributed by atoms with Crippen molar-refractivity contribution < 1.29 is 42.1 Å². The molecule has 0 aromatic heterocycles. The highest BCUT2D eigenvalue weighted by molar-refractivity contribution is 7.47. The first-order valence-corrected chi connectivity index (χ1v) is 23.1. The lowest BCUT2D eigenvalue weighted by atomic mass is 10.1. The number of phosphoric ester groups is 1.